The maximum atomic E-state index is 6.41. The van der Waals surface area contributed by atoms with Gasteiger partial charge in [-0.3, -0.25) is 0 Å². The summed E-state index contributed by atoms with van der Waals surface area (Å²) in [4.78, 5) is 4.52. The largest absolute Gasteiger partial charge is 0.437 e. The molecule has 3 nitrogen and oxygen atoms in total. The van der Waals surface area contributed by atoms with Crippen LogP contribution in [0.3, 0.4) is 0 Å². The first-order valence-electron chi connectivity index (χ1n) is 9.80. The van der Waals surface area contributed by atoms with Gasteiger partial charge >= 0.3 is 0 Å². The topological polar surface area (TPSA) is 29.9 Å². The average Bonchev–Trinajstić information content (AvgIpc) is 3.13. The van der Waals surface area contributed by atoms with E-state index in [4.69, 9.17) is 4.42 Å². The molecule has 6 aromatic rings. The van der Waals surface area contributed by atoms with E-state index in [1.165, 1.54) is 27.1 Å². The summed E-state index contributed by atoms with van der Waals surface area (Å²) in [5, 5.41) is 7.17. The van der Waals surface area contributed by atoms with Crippen LogP contribution in [-0.2, 0) is 7.05 Å². The van der Waals surface area contributed by atoms with Crippen LogP contribution in [0.5, 0.6) is 0 Å². The first-order valence-corrected chi connectivity index (χ1v) is 9.80. The fourth-order valence-corrected chi connectivity index (χ4v) is 4.61. The molecule has 3 heteroatoms. The molecule has 0 atom stereocenters. The van der Waals surface area contributed by atoms with E-state index in [1.54, 1.807) is 6.20 Å². The van der Waals surface area contributed by atoms with Crippen molar-refractivity contribution in [1.82, 2.24) is 4.98 Å². The molecule has 0 N–H and O–H groups in total. The van der Waals surface area contributed by atoms with Gasteiger partial charge < -0.3 is 4.42 Å². The number of rotatable bonds is 1. The minimum atomic E-state index is 0.683. The molecule has 0 amide bonds. The third kappa shape index (κ3) is 2.18. The van der Waals surface area contributed by atoms with Gasteiger partial charge in [-0.05, 0) is 46.8 Å². The predicted octanol–water partition coefficient (Wildman–Crippen LogP) is 6.09. The van der Waals surface area contributed by atoms with Gasteiger partial charge in [0, 0.05) is 34.5 Å². The number of pyridine rings is 2. The Kier molecular flexibility index (Phi) is 3.30. The van der Waals surface area contributed by atoms with Crippen molar-refractivity contribution in [2.45, 2.75) is 6.92 Å². The van der Waals surface area contributed by atoms with Crippen molar-refractivity contribution in [1.29, 1.82) is 0 Å². The Hall–Kier alpha value is -3.72. The average molecular weight is 375 g/mol. The molecular weight excluding hydrogens is 356 g/mol. The second-order valence-electron chi connectivity index (χ2n) is 7.57. The molecule has 138 valence electrons. The molecule has 0 spiro atoms. The molecule has 0 bridgehead atoms. The molecule has 0 fully saturated rings. The highest BCUT2D eigenvalue weighted by Crippen LogP contribution is 2.44. The molecule has 3 aromatic heterocycles. The second kappa shape index (κ2) is 5.89. The Morgan fingerprint density at radius 3 is 2.52 bits per heavy atom. The Bertz CT molecular complexity index is 1580. The highest BCUT2D eigenvalue weighted by Gasteiger charge is 2.24. The van der Waals surface area contributed by atoms with Crippen LogP contribution in [0.1, 0.15) is 5.56 Å². The zero-order valence-corrected chi connectivity index (χ0v) is 16.3. The number of hydrogen-bond acceptors (Lipinski definition) is 2. The van der Waals surface area contributed by atoms with E-state index in [0.717, 1.165) is 27.6 Å². The number of furan rings is 1. The highest BCUT2D eigenvalue weighted by atomic mass is 16.3. The van der Waals surface area contributed by atoms with Crippen molar-refractivity contribution >= 4 is 43.6 Å². The Balaban J connectivity index is 1.97. The van der Waals surface area contributed by atoms with Crippen molar-refractivity contribution < 1.29 is 8.98 Å². The quantitative estimate of drug-likeness (QED) is 0.257. The summed E-state index contributed by atoms with van der Waals surface area (Å²) in [6.07, 6.45) is 3.87. The lowest BCUT2D eigenvalue weighted by molar-refractivity contribution is -0.660. The predicted molar refractivity (Wildman–Crippen MR) is 118 cm³/mol. The fraction of sp³-hybridized carbons (Fsp3) is 0.0769. The van der Waals surface area contributed by atoms with Gasteiger partial charge in [0.2, 0.25) is 11.4 Å². The first kappa shape index (κ1) is 16.3. The van der Waals surface area contributed by atoms with Crippen LogP contribution in [0.15, 0.2) is 83.5 Å². The van der Waals surface area contributed by atoms with Gasteiger partial charge in [-0.1, -0.05) is 36.4 Å². The van der Waals surface area contributed by atoms with Gasteiger partial charge in [0.05, 0.1) is 5.56 Å². The fourth-order valence-electron chi connectivity index (χ4n) is 4.61. The molecule has 3 heterocycles. The van der Waals surface area contributed by atoms with Crippen molar-refractivity contribution in [3.8, 4) is 11.3 Å². The summed E-state index contributed by atoms with van der Waals surface area (Å²) in [5.74, 6) is 0. The summed E-state index contributed by atoms with van der Waals surface area (Å²) >= 11 is 0. The minimum absolute atomic E-state index is 0.683. The van der Waals surface area contributed by atoms with Gasteiger partial charge in [-0.25, -0.2) is 9.55 Å². The SMILES string of the molecule is Cc1c(-c2cccc[n+]2C)c2oc3ncccc3c2c2c1ccc1ccccc12. The Labute approximate surface area is 167 Å². The smallest absolute Gasteiger partial charge is 0.227 e. The minimum Gasteiger partial charge on any atom is -0.437 e. The van der Waals surface area contributed by atoms with Gasteiger partial charge in [0.1, 0.15) is 7.05 Å². The summed E-state index contributed by atoms with van der Waals surface area (Å²) in [7, 11) is 2.08. The van der Waals surface area contributed by atoms with Crippen LogP contribution >= 0.6 is 0 Å². The number of benzene rings is 3. The van der Waals surface area contributed by atoms with Crippen molar-refractivity contribution in [3.05, 3.63) is 84.7 Å². The zero-order chi connectivity index (χ0) is 19.5. The first-order chi connectivity index (χ1) is 14.2. The molecular formula is C26H19N2O+. The number of fused-ring (bicyclic) bond motifs is 7. The van der Waals surface area contributed by atoms with Crippen LogP contribution in [0.25, 0.3) is 54.9 Å². The van der Waals surface area contributed by atoms with Gasteiger partial charge in [-0.15, -0.1) is 0 Å². The van der Waals surface area contributed by atoms with E-state index >= 15 is 0 Å². The van der Waals surface area contributed by atoms with Crippen LogP contribution in [0.4, 0.5) is 0 Å². The normalized spacial score (nSPS) is 11.8. The molecule has 0 saturated heterocycles. The van der Waals surface area contributed by atoms with E-state index in [2.05, 4.69) is 84.3 Å². The molecule has 0 unspecified atom stereocenters. The Morgan fingerprint density at radius 2 is 1.62 bits per heavy atom. The van der Waals surface area contributed by atoms with Crippen LogP contribution in [0, 0.1) is 6.92 Å². The maximum Gasteiger partial charge on any atom is 0.227 e. The van der Waals surface area contributed by atoms with Gasteiger partial charge in [0.15, 0.2) is 11.8 Å². The zero-order valence-electron chi connectivity index (χ0n) is 16.3. The number of aryl methyl sites for hydroxylation is 2. The van der Waals surface area contributed by atoms with E-state index < -0.39 is 0 Å². The van der Waals surface area contributed by atoms with E-state index in [-0.39, 0.29) is 0 Å². The van der Waals surface area contributed by atoms with Crippen molar-refractivity contribution in [3.63, 3.8) is 0 Å². The second-order valence-corrected chi connectivity index (χ2v) is 7.57. The Morgan fingerprint density at radius 1 is 0.793 bits per heavy atom. The highest BCUT2D eigenvalue weighted by molar-refractivity contribution is 6.29. The molecule has 0 aliphatic rings. The summed E-state index contributed by atoms with van der Waals surface area (Å²) < 4.78 is 8.55. The third-order valence-electron chi connectivity index (χ3n) is 5.96. The van der Waals surface area contributed by atoms with E-state index in [0.29, 0.717) is 5.71 Å². The van der Waals surface area contributed by atoms with Crippen molar-refractivity contribution in [2.75, 3.05) is 0 Å². The molecule has 0 radical (unpaired) electrons. The lowest BCUT2D eigenvalue weighted by Crippen LogP contribution is -2.30. The molecule has 0 saturated carbocycles. The van der Waals surface area contributed by atoms with Gasteiger partial charge in [0.25, 0.3) is 0 Å². The third-order valence-corrected chi connectivity index (χ3v) is 5.96. The molecule has 3 aromatic carbocycles. The summed E-state index contributed by atoms with van der Waals surface area (Å²) in [6.45, 7) is 2.19. The summed E-state index contributed by atoms with van der Waals surface area (Å²) in [5.41, 5.74) is 5.07. The maximum absolute atomic E-state index is 6.41. The van der Waals surface area contributed by atoms with Crippen LogP contribution in [-0.4, -0.2) is 4.98 Å². The number of aromatic nitrogens is 2. The van der Waals surface area contributed by atoms with E-state index in [9.17, 15) is 0 Å². The summed E-state index contributed by atoms with van der Waals surface area (Å²) in [6, 6.07) is 23.4. The molecule has 29 heavy (non-hydrogen) atoms. The molecule has 0 aliphatic carbocycles. The van der Waals surface area contributed by atoms with Gasteiger partial charge in [-0.2, -0.15) is 0 Å². The van der Waals surface area contributed by atoms with Crippen molar-refractivity contribution in [2.24, 2.45) is 7.05 Å². The monoisotopic (exact) mass is 375 g/mol. The van der Waals surface area contributed by atoms with Crippen LogP contribution < -0.4 is 4.57 Å². The standard InChI is InChI=1S/C26H19N2O/c1-16-18-13-12-17-8-3-4-9-19(17)23(18)24-20-10-7-14-27-26(20)29-25(24)22(16)21-11-5-6-15-28(21)2/h3-15H,1-2H3/q+1. The van der Waals surface area contributed by atoms with Crippen LogP contribution in [0.2, 0.25) is 0 Å². The molecule has 6 rings (SSSR count). The number of nitrogens with zero attached hydrogens (tertiary/aromatic N) is 2. The lowest BCUT2D eigenvalue weighted by Gasteiger charge is -2.12. The lowest BCUT2D eigenvalue weighted by atomic mass is 9.90. The molecule has 0 aliphatic heterocycles. The number of hydrogen-bond donors (Lipinski definition) is 0. The van der Waals surface area contributed by atoms with E-state index in [1.807, 2.05) is 12.1 Å².